The van der Waals surface area contributed by atoms with Gasteiger partial charge in [0.2, 0.25) is 5.95 Å². The Morgan fingerprint density at radius 3 is 2.65 bits per heavy atom. The Morgan fingerprint density at radius 1 is 1.15 bits per heavy atom. The van der Waals surface area contributed by atoms with Crippen molar-refractivity contribution in [3.05, 3.63) is 58.6 Å². The van der Waals surface area contributed by atoms with Crippen molar-refractivity contribution in [1.29, 1.82) is 0 Å². The molecule has 0 spiro atoms. The number of aromatic nitrogens is 2. The summed E-state index contributed by atoms with van der Waals surface area (Å²) in [6.07, 6.45) is 1.85. The topological polar surface area (TPSA) is 30.2 Å². The summed E-state index contributed by atoms with van der Waals surface area (Å²) < 4.78 is 3.18. The normalized spacial score (nSPS) is 11.5. The largest absolute Gasteiger partial charge is 0.309 e. The van der Waals surface area contributed by atoms with Crippen LogP contribution in [-0.4, -0.2) is 15.8 Å². The number of nitrogens with zero attached hydrogens (tertiary/aromatic N) is 3. The second kappa shape index (κ2) is 5.59. The molecule has 0 saturated heterocycles. The number of hydrogen-bond acceptors (Lipinski definition) is 2. The summed E-state index contributed by atoms with van der Waals surface area (Å²) in [5.74, 6) is 0.747. The van der Waals surface area contributed by atoms with Crippen LogP contribution in [0, 0.1) is 0 Å². The number of rotatable bonds is 3. The van der Waals surface area contributed by atoms with Crippen LogP contribution in [0.4, 0.5) is 5.95 Å². The van der Waals surface area contributed by atoms with Crippen LogP contribution in [0.1, 0.15) is 12.5 Å². The lowest BCUT2D eigenvalue weighted by Crippen LogP contribution is -1.93. The van der Waals surface area contributed by atoms with Crippen LogP contribution < -0.4 is 0 Å². The van der Waals surface area contributed by atoms with E-state index >= 15 is 0 Å². The van der Waals surface area contributed by atoms with Crippen molar-refractivity contribution in [2.45, 2.75) is 13.5 Å². The van der Waals surface area contributed by atoms with Crippen molar-refractivity contribution in [3.8, 4) is 0 Å². The first kappa shape index (κ1) is 13.1. The zero-order chi connectivity index (χ0) is 13.9. The average molecular weight is 328 g/mol. The highest BCUT2D eigenvalue weighted by atomic mass is 79.9. The van der Waals surface area contributed by atoms with Gasteiger partial charge >= 0.3 is 0 Å². The molecule has 0 aliphatic rings. The SMILES string of the molecule is CCn1c(N=Cc2ccc(Br)cc2)nc2ccccc21. The van der Waals surface area contributed by atoms with E-state index in [1.807, 2.05) is 48.7 Å². The Hall–Kier alpha value is -1.94. The van der Waals surface area contributed by atoms with E-state index in [9.17, 15) is 0 Å². The van der Waals surface area contributed by atoms with Gasteiger partial charge in [0.25, 0.3) is 0 Å². The second-order valence-electron chi connectivity index (χ2n) is 4.45. The monoisotopic (exact) mass is 327 g/mol. The molecule has 100 valence electrons. The maximum atomic E-state index is 4.57. The van der Waals surface area contributed by atoms with E-state index in [1.54, 1.807) is 0 Å². The summed E-state index contributed by atoms with van der Waals surface area (Å²) in [4.78, 5) is 9.10. The maximum Gasteiger partial charge on any atom is 0.230 e. The van der Waals surface area contributed by atoms with E-state index in [2.05, 4.69) is 43.5 Å². The number of benzene rings is 2. The smallest absolute Gasteiger partial charge is 0.230 e. The predicted molar refractivity (Wildman–Crippen MR) is 86.8 cm³/mol. The molecule has 3 rings (SSSR count). The van der Waals surface area contributed by atoms with Gasteiger partial charge in [-0.05, 0) is 36.8 Å². The number of imidazole rings is 1. The van der Waals surface area contributed by atoms with E-state index in [0.717, 1.165) is 33.6 Å². The fourth-order valence-electron chi connectivity index (χ4n) is 2.15. The zero-order valence-electron chi connectivity index (χ0n) is 11.1. The van der Waals surface area contributed by atoms with Crippen molar-refractivity contribution in [1.82, 2.24) is 9.55 Å². The van der Waals surface area contributed by atoms with E-state index < -0.39 is 0 Å². The van der Waals surface area contributed by atoms with Gasteiger partial charge in [-0.25, -0.2) is 9.98 Å². The van der Waals surface area contributed by atoms with Gasteiger partial charge in [0.05, 0.1) is 11.0 Å². The average Bonchev–Trinajstić information content (AvgIpc) is 2.84. The lowest BCUT2D eigenvalue weighted by Gasteiger charge is -2.01. The first-order chi connectivity index (χ1) is 9.78. The summed E-state index contributed by atoms with van der Waals surface area (Å²) >= 11 is 3.43. The highest BCUT2D eigenvalue weighted by molar-refractivity contribution is 9.10. The lowest BCUT2D eigenvalue weighted by atomic mass is 10.2. The van der Waals surface area contributed by atoms with Gasteiger partial charge in [-0.15, -0.1) is 0 Å². The van der Waals surface area contributed by atoms with Crippen LogP contribution in [0.2, 0.25) is 0 Å². The molecule has 2 aromatic carbocycles. The Morgan fingerprint density at radius 2 is 1.90 bits per heavy atom. The molecular weight excluding hydrogens is 314 g/mol. The van der Waals surface area contributed by atoms with Crippen LogP contribution in [0.5, 0.6) is 0 Å². The summed E-state index contributed by atoms with van der Waals surface area (Å²) in [5, 5.41) is 0. The fraction of sp³-hybridized carbons (Fsp3) is 0.125. The summed E-state index contributed by atoms with van der Waals surface area (Å²) in [7, 11) is 0. The molecule has 1 heterocycles. The Labute approximate surface area is 126 Å². The van der Waals surface area contributed by atoms with E-state index in [4.69, 9.17) is 0 Å². The highest BCUT2D eigenvalue weighted by Gasteiger charge is 2.06. The molecule has 20 heavy (non-hydrogen) atoms. The van der Waals surface area contributed by atoms with Gasteiger partial charge in [0.1, 0.15) is 0 Å². The van der Waals surface area contributed by atoms with Crippen LogP contribution >= 0.6 is 15.9 Å². The molecule has 0 aliphatic heterocycles. The highest BCUT2D eigenvalue weighted by Crippen LogP contribution is 2.21. The Bertz CT molecular complexity index is 757. The van der Waals surface area contributed by atoms with Crippen molar-refractivity contribution >= 4 is 39.1 Å². The van der Waals surface area contributed by atoms with E-state index in [0.29, 0.717) is 0 Å². The molecule has 4 heteroatoms. The molecule has 3 nitrogen and oxygen atoms in total. The quantitative estimate of drug-likeness (QED) is 0.648. The summed E-state index contributed by atoms with van der Waals surface area (Å²) in [5.41, 5.74) is 3.16. The molecule has 0 saturated carbocycles. The van der Waals surface area contributed by atoms with Crippen molar-refractivity contribution < 1.29 is 0 Å². The standard InChI is InChI=1S/C16H14BrN3/c1-2-20-15-6-4-3-5-14(15)19-16(20)18-11-12-7-9-13(17)10-8-12/h3-11H,2H2,1H3. The van der Waals surface area contributed by atoms with Crippen molar-refractivity contribution in [2.24, 2.45) is 4.99 Å². The minimum atomic E-state index is 0.747. The fourth-order valence-corrected chi connectivity index (χ4v) is 2.42. The number of fused-ring (bicyclic) bond motifs is 1. The van der Waals surface area contributed by atoms with Crippen LogP contribution in [0.3, 0.4) is 0 Å². The number of para-hydroxylation sites is 2. The second-order valence-corrected chi connectivity index (χ2v) is 5.37. The summed E-state index contributed by atoms with van der Waals surface area (Å²) in [6.45, 7) is 2.96. The first-order valence-electron chi connectivity index (χ1n) is 6.53. The predicted octanol–water partition coefficient (Wildman–Crippen LogP) is 4.57. The third kappa shape index (κ3) is 2.51. The molecule has 0 atom stereocenters. The molecule has 0 unspecified atom stereocenters. The lowest BCUT2D eigenvalue weighted by molar-refractivity contribution is 0.790. The third-order valence-electron chi connectivity index (χ3n) is 3.15. The molecule has 0 N–H and O–H groups in total. The Balaban J connectivity index is 1.99. The Kier molecular flexibility index (Phi) is 3.65. The molecule has 3 aromatic rings. The van der Waals surface area contributed by atoms with E-state index in [-0.39, 0.29) is 0 Å². The molecule has 0 fully saturated rings. The van der Waals surface area contributed by atoms with Crippen LogP contribution in [0.25, 0.3) is 11.0 Å². The maximum absolute atomic E-state index is 4.57. The molecule has 0 aliphatic carbocycles. The number of halogens is 1. The van der Waals surface area contributed by atoms with Gasteiger partial charge in [-0.3, -0.25) is 0 Å². The van der Waals surface area contributed by atoms with E-state index in [1.165, 1.54) is 0 Å². The summed E-state index contributed by atoms with van der Waals surface area (Å²) in [6, 6.07) is 16.2. The van der Waals surface area contributed by atoms with Gasteiger partial charge in [-0.1, -0.05) is 40.2 Å². The third-order valence-corrected chi connectivity index (χ3v) is 3.68. The van der Waals surface area contributed by atoms with Gasteiger partial charge in [0.15, 0.2) is 0 Å². The van der Waals surface area contributed by atoms with Crippen molar-refractivity contribution in [2.75, 3.05) is 0 Å². The minimum absolute atomic E-state index is 0.747. The van der Waals surface area contributed by atoms with Gasteiger partial charge in [-0.2, -0.15) is 0 Å². The number of hydrogen-bond donors (Lipinski definition) is 0. The zero-order valence-corrected chi connectivity index (χ0v) is 12.7. The number of aryl methyl sites for hydroxylation is 1. The number of aliphatic imine (C=N–C) groups is 1. The van der Waals surface area contributed by atoms with Crippen molar-refractivity contribution in [3.63, 3.8) is 0 Å². The van der Waals surface area contributed by atoms with Crippen LogP contribution in [0.15, 0.2) is 58.0 Å². The van der Waals surface area contributed by atoms with Crippen LogP contribution in [-0.2, 0) is 6.54 Å². The van der Waals surface area contributed by atoms with Gasteiger partial charge in [0, 0.05) is 17.2 Å². The molecular formula is C16H14BrN3. The molecule has 1 aromatic heterocycles. The minimum Gasteiger partial charge on any atom is -0.309 e. The molecule has 0 amide bonds. The molecule has 0 radical (unpaired) electrons. The van der Waals surface area contributed by atoms with Gasteiger partial charge < -0.3 is 4.57 Å². The molecule has 0 bridgehead atoms. The first-order valence-corrected chi connectivity index (χ1v) is 7.32.